The molecule has 1 atom stereocenters. The van der Waals surface area contributed by atoms with E-state index in [0.29, 0.717) is 38.3 Å². The van der Waals surface area contributed by atoms with Gasteiger partial charge in [0.15, 0.2) is 16.3 Å². The first-order valence-corrected chi connectivity index (χ1v) is 14.3. The van der Waals surface area contributed by atoms with E-state index in [9.17, 15) is 24.8 Å². The van der Waals surface area contributed by atoms with Crippen molar-refractivity contribution in [3.63, 3.8) is 0 Å². The zero-order valence-electron chi connectivity index (χ0n) is 21.7. The number of thiazole rings is 1. The van der Waals surface area contributed by atoms with Gasteiger partial charge in [0, 0.05) is 20.6 Å². The highest BCUT2D eigenvalue weighted by Crippen LogP contribution is 2.41. The highest BCUT2D eigenvalue weighted by atomic mass is 79.9. The number of phenolic OH excluding ortho intramolecular Hbond substituents is 1. The third-order valence-electron chi connectivity index (χ3n) is 5.96. The molecule has 0 bridgehead atoms. The second kappa shape index (κ2) is 11.9. The lowest BCUT2D eigenvalue weighted by atomic mass is 9.95. The van der Waals surface area contributed by atoms with Crippen LogP contribution in [-0.2, 0) is 9.53 Å². The highest BCUT2D eigenvalue weighted by Gasteiger charge is 2.35. The number of phenols is 1. The van der Waals surface area contributed by atoms with E-state index >= 15 is 0 Å². The summed E-state index contributed by atoms with van der Waals surface area (Å²) in [7, 11) is 1.48. The number of hydrogen-bond donors (Lipinski definition) is 1. The largest absolute Gasteiger partial charge is 0.502 e. The quantitative estimate of drug-likeness (QED) is 0.208. The fraction of sp³-hybridized carbons (Fsp3) is 0.269. The predicted octanol–water partition coefficient (Wildman–Crippen LogP) is 4.34. The van der Waals surface area contributed by atoms with Crippen LogP contribution in [0.5, 0.6) is 17.2 Å². The number of hydrogen-bond acceptors (Lipinski definition) is 10. The Labute approximate surface area is 248 Å². The van der Waals surface area contributed by atoms with Gasteiger partial charge in [-0.05, 0) is 50.6 Å². The average Bonchev–Trinajstić information content (AvgIpc) is 3.19. The summed E-state index contributed by atoms with van der Waals surface area (Å²) >= 11 is 7.79. The third-order valence-corrected chi connectivity index (χ3v) is 8.09. The van der Waals surface area contributed by atoms with Crippen molar-refractivity contribution in [2.75, 3.05) is 20.3 Å². The zero-order chi connectivity index (χ0) is 29.3. The second-order valence-electron chi connectivity index (χ2n) is 8.38. The van der Waals surface area contributed by atoms with Gasteiger partial charge in [0.1, 0.15) is 0 Å². The molecule has 0 unspecified atom stereocenters. The van der Waals surface area contributed by atoms with Crippen LogP contribution in [-0.4, -0.2) is 40.9 Å². The molecule has 0 saturated carbocycles. The molecule has 0 spiro atoms. The molecule has 1 N–H and O–H groups in total. The summed E-state index contributed by atoms with van der Waals surface area (Å²) in [5.41, 5.74) is 0.0620. The van der Waals surface area contributed by atoms with E-state index in [1.807, 2.05) is 6.92 Å². The van der Waals surface area contributed by atoms with Gasteiger partial charge in [0.2, 0.25) is 5.75 Å². The van der Waals surface area contributed by atoms with Gasteiger partial charge in [0.05, 0.1) is 47.1 Å². The van der Waals surface area contributed by atoms with E-state index in [1.54, 1.807) is 26.0 Å². The first-order valence-electron chi connectivity index (χ1n) is 11.9. The minimum Gasteiger partial charge on any atom is -0.502 e. The van der Waals surface area contributed by atoms with Crippen LogP contribution in [0, 0.1) is 10.1 Å². The average molecular weight is 697 g/mol. The van der Waals surface area contributed by atoms with Crippen molar-refractivity contribution < 1.29 is 29.0 Å². The molecule has 1 aliphatic rings. The summed E-state index contributed by atoms with van der Waals surface area (Å²) in [5.74, 6) is -0.356. The van der Waals surface area contributed by atoms with Gasteiger partial charge in [-0.15, -0.1) is 0 Å². The Balaban J connectivity index is 2.03. The Kier molecular flexibility index (Phi) is 8.80. The Bertz CT molecular complexity index is 1750. The molecule has 0 amide bonds. The lowest BCUT2D eigenvalue weighted by Crippen LogP contribution is -2.40. The molecule has 0 aliphatic carbocycles. The fourth-order valence-corrected chi connectivity index (χ4v) is 6.31. The number of benzene rings is 2. The first-order chi connectivity index (χ1) is 19.0. The molecular formula is C26H23Br2N3O8S. The van der Waals surface area contributed by atoms with Crippen molar-refractivity contribution in [2.24, 2.45) is 4.99 Å². The van der Waals surface area contributed by atoms with Gasteiger partial charge in [-0.25, -0.2) is 9.79 Å². The summed E-state index contributed by atoms with van der Waals surface area (Å²) in [6.07, 6.45) is 1.35. The number of halogens is 2. The molecule has 0 saturated heterocycles. The van der Waals surface area contributed by atoms with Gasteiger partial charge in [0.25, 0.3) is 5.56 Å². The molecule has 1 aliphatic heterocycles. The second-order valence-corrected chi connectivity index (χ2v) is 11.2. The molecule has 0 fully saturated rings. The highest BCUT2D eigenvalue weighted by molar-refractivity contribution is 9.10. The summed E-state index contributed by atoms with van der Waals surface area (Å²) in [6, 6.07) is 5.05. The van der Waals surface area contributed by atoms with E-state index < -0.39 is 33.9 Å². The van der Waals surface area contributed by atoms with Gasteiger partial charge >= 0.3 is 11.7 Å². The van der Waals surface area contributed by atoms with Crippen LogP contribution in [0.4, 0.5) is 5.69 Å². The Hall–Kier alpha value is -3.49. The van der Waals surface area contributed by atoms with Crippen molar-refractivity contribution in [2.45, 2.75) is 26.8 Å². The molecular weight excluding hydrogens is 674 g/mol. The van der Waals surface area contributed by atoms with Crippen molar-refractivity contribution in [3.05, 3.63) is 85.4 Å². The van der Waals surface area contributed by atoms with E-state index in [1.165, 1.54) is 29.9 Å². The number of rotatable bonds is 8. The number of carbonyl (C=O) groups excluding carboxylic acids is 1. The topological polar surface area (TPSA) is 142 Å². The van der Waals surface area contributed by atoms with Crippen LogP contribution in [0.15, 0.2) is 54.3 Å². The van der Waals surface area contributed by atoms with E-state index in [0.717, 1.165) is 11.3 Å². The molecule has 1 aromatic heterocycles. The molecule has 210 valence electrons. The van der Waals surface area contributed by atoms with Crippen molar-refractivity contribution >= 4 is 60.9 Å². The minimum absolute atomic E-state index is 0.0631. The number of carbonyl (C=O) groups is 1. The molecule has 2 heterocycles. The smallest absolute Gasteiger partial charge is 0.338 e. The number of aromatic nitrogens is 1. The summed E-state index contributed by atoms with van der Waals surface area (Å²) < 4.78 is 18.9. The van der Waals surface area contributed by atoms with Crippen molar-refractivity contribution in [1.29, 1.82) is 0 Å². The van der Waals surface area contributed by atoms with E-state index in [4.69, 9.17) is 14.2 Å². The summed E-state index contributed by atoms with van der Waals surface area (Å²) in [4.78, 5) is 42.6. The summed E-state index contributed by atoms with van der Waals surface area (Å²) in [5, 5.41) is 21.9. The van der Waals surface area contributed by atoms with Crippen LogP contribution in [0.2, 0.25) is 0 Å². The maximum Gasteiger partial charge on any atom is 0.338 e. The fourth-order valence-electron chi connectivity index (χ4n) is 4.27. The van der Waals surface area contributed by atoms with Gasteiger partial charge in [-0.3, -0.25) is 19.5 Å². The van der Waals surface area contributed by atoms with Crippen LogP contribution < -0.4 is 24.4 Å². The number of esters is 1. The van der Waals surface area contributed by atoms with Crippen LogP contribution in [0.1, 0.15) is 37.9 Å². The monoisotopic (exact) mass is 695 g/mol. The molecule has 4 rings (SSSR count). The van der Waals surface area contributed by atoms with Crippen LogP contribution in [0.3, 0.4) is 0 Å². The maximum absolute atomic E-state index is 13.9. The minimum atomic E-state index is -0.957. The number of nitro benzene ring substituents is 1. The normalized spacial score (nSPS) is 14.9. The maximum atomic E-state index is 13.9. The van der Waals surface area contributed by atoms with Crippen LogP contribution in [0.25, 0.3) is 6.08 Å². The number of methoxy groups -OCH3 is 1. The number of fused-ring (bicyclic) bond motifs is 1. The Morgan fingerprint density at radius 2 is 1.95 bits per heavy atom. The third kappa shape index (κ3) is 5.43. The number of aromatic hydroxyl groups is 1. The van der Waals surface area contributed by atoms with Crippen molar-refractivity contribution in [1.82, 2.24) is 4.57 Å². The Morgan fingerprint density at radius 3 is 2.58 bits per heavy atom. The standard InChI is InChI=1S/C26H23Br2N3O8S/c1-5-38-19-11-16(28)15(10-18(19)37-4)22-21(25(34)39-6-2)12(3)29-26-30(22)24(33)20(40-26)8-13-7-14(27)9-17(23(13)32)31(35)36/h7-11,22,32H,5-6H2,1-4H3/b20-8+/t22-/m1/s1. The van der Waals surface area contributed by atoms with E-state index in [2.05, 4.69) is 36.9 Å². The van der Waals surface area contributed by atoms with Gasteiger partial charge < -0.3 is 19.3 Å². The van der Waals surface area contributed by atoms with Gasteiger partial charge in [-0.1, -0.05) is 43.2 Å². The SMILES string of the molecule is CCOC(=O)C1=C(C)N=c2s/c(=C/c3cc(Br)cc([N+](=O)[O-])c3O)c(=O)n2[C@@H]1c1cc(OC)c(OCC)cc1Br. The molecule has 0 radical (unpaired) electrons. The number of nitrogens with zero attached hydrogens (tertiary/aromatic N) is 3. The Morgan fingerprint density at radius 1 is 1.23 bits per heavy atom. The zero-order valence-corrected chi connectivity index (χ0v) is 25.7. The lowest BCUT2D eigenvalue weighted by molar-refractivity contribution is -0.385. The molecule has 14 heteroatoms. The van der Waals surface area contributed by atoms with E-state index in [-0.39, 0.29) is 27.1 Å². The first kappa shape index (κ1) is 29.5. The lowest BCUT2D eigenvalue weighted by Gasteiger charge is -2.26. The molecule has 40 heavy (non-hydrogen) atoms. The van der Waals surface area contributed by atoms with Gasteiger partial charge in [-0.2, -0.15) is 0 Å². The number of ether oxygens (including phenoxy) is 3. The summed E-state index contributed by atoms with van der Waals surface area (Å²) in [6.45, 7) is 5.67. The van der Waals surface area contributed by atoms with Crippen LogP contribution >= 0.6 is 43.2 Å². The molecule has 3 aromatic rings. The number of nitro groups is 1. The number of allylic oxidation sites excluding steroid dienone is 1. The molecule has 2 aromatic carbocycles. The van der Waals surface area contributed by atoms with Crippen molar-refractivity contribution in [3.8, 4) is 17.2 Å². The molecule has 11 nitrogen and oxygen atoms in total. The predicted molar refractivity (Wildman–Crippen MR) is 155 cm³/mol.